The van der Waals surface area contributed by atoms with Crippen LogP contribution in [0.5, 0.6) is 0 Å². The van der Waals surface area contributed by atoms with E-state index in [1.807, 2.05) is 13.0 Å². The average molecular weight is 379 g/mol. The molecular formula is C27H35F. The van der Waals surface area contributed by atoms with Crippen LogP contribution < -0.4 is 0 Å². The fourth-order valence-corrected chi connectivity index (χ4v) is 5.85. The highest BCUT2D eigenvalue weighted by Gasteiger charge is 2.35. The number of benzene rings is 2. The van der Waals surface area contributed by atoms with Gasteiger partial charge in [-0.05, 0) is 110 Å². The quantitative estimate of drug-likeness (QED) is 0.460. The molecule has 0 heterocycles. The van der Waals surface area contributed by atoms with Crippen LogP contribution in [0.15, 0.2) is 42.5 Å². The molecule has 4 rings (SSSR count). The van der Waals surface area contributed by atoms with Crippen molar-refractivity contribution in [3.63, 3.8) is 0 Å². The van der Waals surface area contributed by atoms with Gasteiger partial charge in [0.15, 0.2) is 0 Å². The number of hydrogen-bond donors (Lipinski definition) is 0. The molecule has 150 valence electrons. The molecule has 0 spiro atoms. The summed E-state index contributed by atoms with van der Waals surface area (Å²) in [7, 11) is 0. The third-order valence-corrected chi connectivity index (χ3v) is 7.62. The maximum Gasteiger partial charge on any atom is 0.127 e. The lowest BCUT2D eigenvalue weighted by molar-refractivity contribution is 0.116. The summed E-state index contributed by atoms with van der Waals surface area (Å²) in [5.41, 5.74) is 2.27. The molecule has 0 nitrogen and oxygen atoms in total. The number of halogens is 1. The molecule has 0 saturated heterocycles. The first kappa shape index (κ1) is 19.7. The lowest BCUT2D eigenvalue weighted by Gasteiger charge is -2.42. The summed E-state index contributed by atoms with van der Waals surface area (Å²) < 4.78 is 14.6. The van der Waals surface area contributed by atoms with E-state index in [4.69, 9.17) is 0 Å². The second-order valence-electron chi connectivity index (χ2n) is 9.28. The summed E-state index contributed by atoms with van der Waals surface area (Å²) in [6.07, 6.45) is 15.6. The summed E-state index contributed by atoms with van der Waals surface area (Å²) in [6, 6.07) is 10.6. The molecule has 0 aromatic heterocycles. The van der Waals surface area contributed by atoms with Crippen molar-refractivity contribution >= 4 is 10.8 Å². The van der Waals surface area contributed by atoms with E-state index in [0.29, 0.717) is 5.92 Å². The topological polar surface area (TPSA) is 0 Å². The molecule has 0 N–H and O–H groups in total. The third-order valence-electron chi connectivity index (χ3n) is 7.62. The molecule has 2 aliphatic rings. The molecule has 0 radical (unpaired) electrons. The molecular weight excluding hydrogens is 343 g/mol. The standard InChI is InChI=1S/C27H35F/c1-3-5-6-7-25-16-24-13-12-23(17-26(24)18-27(25)28)22-11-10-20-14-19(4-2)8-9-21(20)15-22/h3,5,12-13,16-22H,4,6-11,14-15H2,1-2H3. The van der Waals surface area contributed by atoms with Gasteiger partial charge in [0.1, 0.15) is 5.82 Å². The highest BCUT2D eigenvalue weighted by Crippen LogP contribution is 2.48. The van der Waals surface area contributed by atoms with Gasteiger partial charge in [-0.2, -0.15) is 0 Å². The molecule has 0 bridgehead atoms. The van der Waals surface area contributed by atoms with Crippen LogP contribution in [-0.2, 0) is 6.42 Å². The summed E-state index contributed by atoms with van der Waals surface area (Å²) in [5, 5.41) is 2.25. The third kappa shape index (κ3) is 4.19. The van der Waals surface area contributed by atoms with E-state index in [2.05, 4.69) is 37.3 Å². The van der Waals surface area contributed by atoms with E-state index in [-0.39, 0.29) is 5.82 Å². The van der Waals surface area contributed by atoms with Gasteiger partial charge in [-0.25, -0.2) is 4.39 Å². The van der Waals surface area contributed by atoms with Crippen LogP contribution >= 0.6 is 0 Å². The molecule has 2 aromatic carbocycles. The molecule has 4 atom stereocenters. The predicted molar refractivity (Wildman–Crippen MR) is 118 cm³/mol. The first-order chi connectivity index (χ1) is 13.7. The minimum absolute atomic E-state index is 0.0456. The Kier molecular flexibility index (Phi) is 6.19. The van der Waals surface area contributed by atoms with Crippen LogP contribution in [0.4, 0.5) is 4.39 Å². The van der Waals surface area contributed by atoms with Crippen LogP contribution in [0.2, 0.25) is 0 Å². The largest absolute Gasteiger partial charge is 0.207 e. The SMILES string of the molecule is CC=CCCc1cc2ccc(C3CCC4CC(CC)CCC4C3)cc2cc1F. The average Bonchev–Trinajstić information content (AvgIpc) is 2.73. The fourth-order valence-electron chi connectivity index (χ4n) is 5.85. The van der Waals surface area contributed by atoms with Gasteiger partial charge in [0.25, 0.3) is 0 Å². The van der Waals surface area contributed by atoms with E-state index in [0.717, 1.165) is 41.5 Å². The summed E-state index contributed by atoms with van der Waals surface area (Å²) in [4.78, 5) is 0. The van der Waals surface area contributed by atoms with Gasteiger partial charge in [-0.15, -0.1) is 0 Å². The second-order valence-corrected chi connectivity index (χ2v) is 9.28. The zero-order valence-corrected chi connectivity index (χ0v) is 17.6. The smallest absolute Gasteiger partial charge is 0.127 e. The van der Waals surface area contributed by atoms with Crippen molar-refractivity contribution in [3.8, 4) is 0 Å². The van der Waals surface area contributed by atoms with Gasteiger partial charge in [-0.3, -0.25) is 0 Å². The van der Waals surface area contributed by atoms with Crippen LogP contribution in [0, 0.1) is 23.6 Å². The van der Waals surface area contributed by atoms with E-state index in [1.54, 1.807) is 6.07 Å². The van der Waals surface area contributed by atoms with Crippen LogP contribution in [0.25, 0.3) is 10.8 Å². The number of allylic oxidation sites excluding steroid dienone is 2. The summed E-state index contributed by atoms with van der Waals surface area (Å²) in [6.45, 7) is 4.37. The summed E-state index contributed by atoms with van der Waals surface area (Å²) in [5.74, 6) is 3.48. The van der Waals surface area contributed by atoms with Crippen LogP contribution in [0.3, 0.4) is 0 Å². The van der Waals surface area contributed by atoms with Crippen molar-refractivity contribution < 1.29 is 4.39 Å². The molecule has 2 saturated carbocycles. The van der Waals surface area contributed by atoms with Crippen molar-refractivity contribution in [1.82, 2.24) is 0 Å². The predicted octanol–water partition coefficient (Wildman–Crippen LogP) is 8.20. The molecule has 0 amide bonds. The minimum Gasteiger partial charge on any atom is -0.207 e. The molecule has 2 aromatic rings. The minimum atomic E-state index is -0.0456. The van der Waals surface area contributed by atoms with Crippen molar-refractivity contribution in [3.05, 3.63) is 59.4 Å². The molecule has 0 aliphatic heterocycles. The summed E-state index contributed by atoms with van der Waals surface area (Å²) >= 11 is 0. The van der Waals surface area contributed by atoms with Gasteiger partial charge in [0.2, 0.25) is 0 Å². The second kappa shape index (κ2) is 8.80. The molecule has 2 fully saturated rings. The van der Waals surface area contributed by atoms with Crippen molar-refractivity contribution in [1.29, 1.82) is 0 Å². The van der Waals surface area contributed by atoms with Gasteiger partial charge < -0.3 is 0 Å². The molecule has 4 unspecified atom stereocenters. The highest BCUT2D eigenvalue weighted by molar-refractivity contribution is 5.84. The Hall–Kier alpha value is -1.63. The van der Waals surface area contributed by atoms with Crippen molar-refractivity contribution in [2.24, 2.45) is 17.8 Å². The zero-order valence-electron chi connectivity index (χ0n) is 17.6. The van der Waals surface area contributed by atoms with Gasteiger partial charge >= 0.3 is 0 Å². The Morgan fingerprint density at radius 3 is 2.61 bits per heavy atom. The van der Waals surface area contributed by atoms with Crippen LogP contribution in [-0.4, -0.2) is 0 Å². The number of rotatable bonds is 5. The number of hydrogen-bond acceptors (Lipinski definition) is 0. The Morgan fingerprint density at radius 1 is 0.964 bits per heavy atom. The normalized spacial score (nSPS) is 28.0. The lowest BCUT2D eigenvalue weighted by atomic mass is 9.63. The molecule has 2 aliphatic carbocycles. The Labute approximate surface area is 170 Å². The van der Waals surface area contributed by atoms with Crippen molar-refractivity contribution in [2.75, 3.05) is 0 Å². The zero-order chi connectivity index (χ0) is 19.5. The molecule has 1 heteroatoms. The maximum atomic E-state index is 14.6. The fraction of sp³-hybridized carbons (Fsp3) is 0.556. The maximum absolute atomic E-state index is 14.6. The van der Waals surface area contributed by atoms with E-state index >= 15 is 0 Å². The highest BCUT2D eigenvalue weighted by atomic mass is 19.1. The Bertz CT molecular complexity index is 834. The van der Waals surface area contributed by atoms with Gasteiger partial charge in [0, 0.05) is 0 Å². The monoisotopic (exact) mass is 378 g/mol. The number of fused-ring (bicyclic) bond motifs is 2. The van der Waals surface area contributed by atoms with Gasteiger partial charge in [-0.1, -0.05) is 50.1 Å². The first-order valence-corrected chi connectivity index (χ1v) is 11.5. The van der Waals surface area contributed by atoms with Gasteiger partial charge in [0.05, 0.1) is 0 Å². The van der Waals surface area contributed by atoms with E-state index in [1.165, 1.54) is 55.9 Å². The Morgan fingerprint density at radius 2 is 1.79 bits per heavy atom. The van der Waals surface area contributed by atoms with E-state index in [9.17, 15) is 4.39 Å². The number of aryl methyl sites for hydroxylation is 1. The van der Waals surface area contributed by atoms with Crippen molar-refractivity contribution in [2.45, 2.75) is 77.6 Å². The Balaban J connectivity index is 1.50. The van der Waals surface area contributed by atoms with E-state index < -0.39 is 0 Å². The molecule has 28 heavy (non-hydrogen) atoms. The van der Waals surface area contributed by atoms with Crippen LogP contribution in [0.1, 0.15) is 82.3 Å². The first-order valence-electron chi connectivity index (χ1n) is 11.5. The lowest BCUT2D eigenvalue weighted by Crippen LogP contribution is -2.30.